The molecule has 6 heteroatoms. The molecule has 29 heavy (non-hydrogen) atoms. The third-order valence-corrected chi connectivity index (χ3v) is 6.58. The van der Waals surface area contributed by atoms with Crippen LogP contribution in [0.1, 0.15) is 39.2 Å². The standard InChI is InChI=1S/C23H24O5S/c1-26-18-12-17-20(13-19(18)27-2)29-22(23(24)25)21(17)28-11-10-15-8-5-7-14-6-3-4-9-16(14)15/h5,7-8,12-13H,3-4,6,9-11H2,1-2H3,(H,24,25). The van der Waals surface area contributed by atoms with Crippen LogP contribution in [-0.4, -0.2) is 31.9 Å². The first kappa shape index (κ1) is 19.6. The molecular formula is C23H24O5S. The van der Waals surface area contributed by atoms with Crippen molar-refractivity contribution in [3.05, 3.63) is 51.9 Å². The van der Waals surface area contributed by atoms with Crippen LogP contribution in [0.25, 0.3) is 10.1 Å². The molecule has 1 heterocycles. The van der Waals surface area contributed by atoms with Gasteiger partial charge in [-0.3, -0.25) is 0 Å². The smallest absolute Gasteiger partial charge is 0.349 e. The summed E-state index contributed by atoms with van der Waals surface area (Å²) in [4.78, 5) is 12.0. The summed E-state index contributed by atoms with van der Waals surface area (Å²) in [6.07, 6.45) is 5.49. The van der Waals surface area contributed by atoms with Gasteiger partial charge in [-0.05, 0) is 48.4 Å². The Balaban J connectivity index is 1.62. The number of hydrogen-bond acceptors (Lipinski definition) is 5. The Morgan fingerprint density at radius 3 is 2.62 bits per heavy atom. The van der Waals surface area contributed by atoms with E-state index >= 15 is 0 Å². The van der Waals surface area contributed by atoms with Gasteiger partial charge >= 0.3 is 5.97 Å². The van der Waals surface area contributed by atoms with Crippen LogP contribution in [0.4, 0.5) is 0 Å². The molecule has 0 unspecified atom stereocenters. The number of thiophene rings is 1. The fourth-order valence-electron chi connectivity index (χ4n) is 4.04. The Morgan fingerprint density at radius 2 is 1.86 bits per heavy atom. The van der Waals surface area contributed by atoms with Crippen molar-refractivity contribution in [1.29, 1.82) is 0 Å². The van der Waals surface area contributed by atoms with Crippen LogP contribution in [0.15, 0.2) is 30.3 Å². The number of methoxy groups -OCH3 is 2. The minimum atomic E-state index is -0.990. The molecule has 1 aromatic heterocycles. The number of aryl methyl sites for hydroxylation is 1. The summed E-state index contributed by atoms with van der Waals surface area (Å²) < 4.78 is 17.6. The second kappa shape index (κ2) is 8.33. The Kier molecular flexibility index (Phi) is 5.62. The van der Waals surface area contributed by atoms with Crippen molar-refractivity contribution in [1.82, 2.24) is 0 Å². The first-order chi connectivity index (χ1) is 14.1. The normalized spacial score (nSPS) is 13.2. The van der Waals surface area contributed by atoms with Crippen LogP contribution in [0.5, 0.6) is 17.2 Å². The van der Waals surface area contributed by atoms with Gasteiger partial charge in [-0.25, -0.2) is 4.79 Å². The quantitative estimate of drug-likeness (QED) is 0.584. The van der Waals surface area contributed by atoms with Gasteiger partial charge < -0.3 is 19.3 Å². The lowest BCUT2D eigenvalue weighted by Gasteiger charge is -2.19. The van der Waals surface area contributed by atoms with Crippen molar-refractivity contribution >= 4 is 27.4 Å². The van der Waals surface area contributed by atoms with Crippen LogP contribution < -0.4 is 14.2 Å². The number of ether oxygens (including phenoxy) is 3. The predicted octanol–water partition coefficient (Wildman–Crippen LogP) is 5.12. The highest BCUT2D eigenvalue weighted by atomic mass is 32.1. The van der Waals surface area contributed by atoms with E-state index in [1.807, 2.05) is 0 Å². The van der Waals surface area contributed by atoms with E-state index in [1.54, 1.807) is 26.4 Å². The van der Waals surface area contributed by atoms with E-state index in [0.717, 1.165) is 29.3 Å². The van der Waals surface area contributed by atoms with E-state index < -0.39 is 5.97 Å². The van der Waals surface area contributed by atoms with E-state index in [1.165, 1.54) is 40.9 Å². The number of rotatable bonds is 7. The van der Waals surface area contributed by atoms with Crippen molar-refractivity contribution in [2.75, 3.05) is 20.8 Å². The van der Waals surface area contributed by atoms with E-state index in [9.17, 15) is 9.90 Å². The highest BCUT2D eigenvalue weighted by Gasteiger charge is 2.22. The largest absolute Gasteiger partial charge is 0.493 e. The summed E-state index contributed by atoms with van der Waals surface area (Å²) in [5.41, 5.74) is 4.19. The average Bonchev–Trinajstić information content (AvgIpc) is 3.10. The van der Waals surface area contributed by atoms with E-state index in [0.29, 0.717) is 23.9 Å². The second-order valence-electron chi connectivity index (χ2n) is 7.13. The fraction of sp³-hybridized carbons (Fsp3) is 0.348. The second-order valence-corrected chi connectivity index (χ2v) is 8.18. The molecule has 0 bridgehead atoms. The van der Waals surface area contributed by atoms with Crippen molar-refractivity contribution in [2.24, 2.45) is 0 Å². The Morgan fingerprint density at radius 1 is 1.10 bits per heavy atom. The van der Waals surface area contributed by atoms with Crippen LogP contribution >= 0.6 is 11.3 Å². The van der Waals surface area contributed by atoms with Gasteiger partial charge in [-0.2, -0.15) is 0 Å². The molecule has 0 atom stereocenters. The summed E-state index contributed by atoms with van der Waals surface area (Å²) in [6, 6.07) is 10.1. The number of benzene rings is 2. The van der Waals surface area contributed by atoms with Crippen LogP contribution in [-0.2, 0) is 19.3 Å². The maximum Gasteiger partial charge on any atom is 0.349 e. The monoisotopic (exact) mass is 412 g/mol. The maximum atomic E-state index is 11.8. The summed E-state index contributed by atoms with van der Waals surface area (Å²) in [5.74, 6) is 0.539. The molecule has 0 fully saturated rings. The highest BCUT2D eigenvalue weighted by Crippen LogP contribution is 2.43. The number of carboxylic acids is 1. The lowest BCUT2D eigenvalue weighted by molar-refractivity contribution is 0.0698. The summed E-state index contributed by atoms with van der Waals surface area (Å²) in [6.45, 7) is 0.427. The van der Waals surface area contributed by atoms with Gasteiger partial charge in [0.25, 0.3) is 0 Å². The molecule has 0 saturated carbocycles. The summed E-state index contributed by atoms with van der Waals surface area (Å²) in [7, 11) is 3.13. The minimum absolute atomic E-state index is 0.199. The molecule has 3 aromatic rings. The molecule has 152 valence electrons. The van der Waals surface area contributed by atoms with Gasteiger partial charge in [0.05, 0.1) is 20.8 Å². The molecule has 5 nitrogen and oxygen atoms in total. The van der Waals surface area contributed by atoms with Crippen molar-refractivity contribution in [2.45, 2.75) is 32.1 Å². The summed E-state index contributed by atoms with van der Waals surface area (Å²) in [5, 5.41) is 10.4. The molecule has 4 rings (SSSR count). The van der Waals surface area contributed by atoms with E-state index in [2.05, 4.69) is 18.2 Å². The zero-order valence-corrected chi connectivity index (χ0v) is 17.4. The third kappa shape index (κ3) is 3.77. The number of fused-ring (bicyclic) bond motifs is 2. The number of hydrogen-bond donors (Lipinski definition) is 1. The van der Waals surface area contributed by atoms with Crippen LogP contribution in [0.3, 0.4) is 0 Å². The van der Waals surface area contributed by atoms with Crippen LogP contribution in [0.2, 0.25) is 0 Å². The van der Waals surface area contributed by atoms with Crippen molar-refractivity contribution < 1.29 is 24.1 Å². The fourth-order valence-corrected chi connectivity index (χ4v) is 5.04. The number of carboxylic acid groups (broad SMARTS) is 1. The lowest BCUT2D eigenvalue weighted by atomic mass is 9.87. The van der Waals surface area contributed by atoms with E-state index in [4.69, 9.17) is 14.2 Å². The molecule has 1 N–H and O–H groups in total. The van der Waals surface area contributed by atoms with Crippen LogP contribution in [0, 0.1) is 0 Å². The number of carbonyl (C=O) groups is 1. The Hall–Kier alpha value is -2.73. The molecule has 1 aliphatic carbocycles. The average molecular weight is 413 g/mol. The van der Waals surface area contributed by atoms with Crippen molar-refractivity contribution in [3.8, 4) is 17.2 Å². The SMILES string of the molecule is COc1cc2sc(C(=O)O)c(OCCc3cccc4c3CCCC4)c2cc1OC. The zero-order chi connectivity index (χ0) is 20.4. The first-order valence-electron chi connectivity index (χ1n) is 9.76. The van der Waals surface area contributed by atoms with Crippen molar-refractivity contribution in [3.63, 3.8) is 0 Å². The molecule has 0 radical (unpaired) electrons. The molecule has 0 amide bonds. The first-order valence-corrected chi connectivity index (χ1v) is 10.6. The zero-order valence-electron chi connectivity index (χ0n) is 16.6. The molecule has 0 spiro atoms. The Bertz CT molecular complexity index is 1050. The lowest BCUT2D eigenvalue weighted by Crippen LogP contribution is -2.10. The van der Waals surface area contributed by atoms with Gasteiger partial charge in [0.2, 0.25) is 0 Å². The molecular weight excluding hydrogens is 388 g/mol. The topological polar surface area (TPSA) is 65.0 Å². The van der Waals surface area contributed by atoms with Gasteiger partial charge in [0.15, 0.2) is 22.1 Å². The molecule has 2 aromatic carbocycles. The molecule has 0 aliphatic heterocycles. The van der Waals surface area contributed by atoms with Gasteiger partial charge in [-0.15, -0.1) is 11.3 Å². The highest BCUT2D eigenvalue weighted by molar-refractivity contribution is 7.21. The maximum absolute atomic E-state index is 11.8. The third-order valence-electron chi connectivity index (χ3n) is 5.45. The number of aromatic carboxylic acids is 1. The van der Waals surface area contributed by atoms with Gasteiger partial charge in [0, 0.05) is 22.6 Å². The van der Waals surface area contributed by atoms with Gasteiger partial charge in [0.1, 0.15) is 0 Å². The predicted molar refractivity (Wildman–Crippen MR) is 114 cm³/mol. The minimum Gasteiger partial charge on any atom is -0.493 e. The van der Waals surface area contributed by atoms with Gasteiger partial charge in [-0.1, -0.05) is 18.2 Å². The molecule has 1 aliphatic rings. The Labute approximate surface area is 173 Å². The molecule has 0 saturated heterocycles. The van der Waals surface area contributed by atoms with E-state index in [-0.39, 0.29) is 4.88 Å². The summed E-state index contributed by atoms with van der Waals surface area (Å²) >= 11 is 1.19.